The highest BCUT2D eigenvalue weighted by atomic mass is 14.8. The van der Waals surface area contributed by atoms with Crippen molar-refractivity contribution in [2.75, 3.05) is 0 Å². The Morgan fingerprint density at radius 2 is 1.33 bits per heavy atom. The van der Waals surface area contributed by atoms with Crippen molar-refractivity contribution in [1.82, 2.24) is 9.97 Å². The topological polar surface area (TPSA) is 25.8 Å². The summed E-state index contributed by atoms with van der Waals surface area (Å²) in [6.07, 6.45) is 3.45. The van der Waals surface area contributed by atoms with Gasteiger partial charge in [-0.3, -0.25) is 0 Å². The van der Waals surface area contributed by atoms with Crippen molar-refractivity contribution in [3.63, 3.8) is 0 Å². The standard InChI is InChI=1S/C22H14N2/c1-2-4-20-15(3-1)5-6-18-11-16(7-9-21(18)20)17-8-10-22-19(12-17)13-23-14-24-22/h1-14H. The van der Waals surface area contributed by atoms with Gasteiger partial charge in [-0.2, -0.15) is 0 Å². The third kappa shape index (κ3) is 2.04. The van der Waals surface area contributed by atoms with E-state index in [0.717, 1.165) is 10.9 Å². The summed E-state index contributed by atoms with van der Waals surface area (Å²) in [5.41, 5.74) is 3.37. The minimum Gasteiger partial charge on any atom is -0.244 e. The molecule has 112 valence electrons. The maximum Gasteiger partial charge on any atom is 0.116 e. The fourth-order valence-electron chi connectivity index (χ4n) is 3.36. The third-order valence-corrected chi connectivity index (χ3v) is 4.58. The van der Waals surface area contributed by atoms with Gasteiger partial charge in [0.05, 0.1) is 5.52 Å². The number of nitrogens with zero attached hydrogens (tertiary/aromatic N) is 2. The van der Waals surface area contributed by atoms with E-state index in [2.05, 4.69) is 82.8 Å². The van der Waals surface area contributed by atoms with Crippen molar-refractivity contribution < 1.29 is 0 Å². The average Bonchev–Trinajstić information content (AvgIpc) is 2.67. The van der Waals surface area contributed by atoms with Gasteiger partial charge in [0.2, 0.25) is 0 Å². The molecule has 0 bridgehead atoms. The SMILES string of the molecule is c1ccc2c(c1)ccc1cc(-c3ccc4ncncc4c3)ccc12. The molecule has 0 spiro atoms. The van der Waals surface area contributed by atoms with Gasteiger partial charge < -0.3 is 0 Å². The number of rotatable bonds is 1. The lowest BCUT2D eigenvalue weighted by molar-refractivity contribution is 1.22. The van der Waals surface area contributed by atoms with Crippen LogP contribution >= 0.6 is 0 Å². The summed E-state index contributed by atoms with van der Waals surface area (Å²) in [7, 11) is 0. The molecule has 0 amide bonds. The summed E-state index contributed by atoms with van der Waals surface area (Å²) in [6.45, 7) is 0. The van der Waals surface area contributed by atoms with Crippen molar-refractivity contribution in [2.24, 2.45) is 0 Å². The maximum absolute atomic E-state index is 4.29. The van der Waals surface area contributed by atoms with Crippen LogP contribution in [0.25, 0.3) is 43.6 Å². The second-order valence-corrected chi connectivity index (χ2v) is 6.02. The first-order valence-electron chi connectivity index (χ1n) is 8.00. The third-order valence-electron chi connectivity index (χ3n) is 4.58. The van der Waals surface area contributed by atoms with Gasteiger partial charge >= 0.3 is 0 Å². The van der Waals surface area contributed by atoms with Crippen molar-refractivity contribution in [3.8, 4) is 11.1 Å². The van der Waals surface area contributed by atoms with E-state index in [-0.39, 0.29) is 0 Å². The van der Waals surface area contributed by atoms with E-state index < -0.39 is 0 Å². The van der Waals surface area contributed by atoms with Gasteiger partial charge in [-0.25, -0.2) is 9.97 Å². The van der Waals surface area contributed by atoms with Crippen LogP contribution < -0.4 is 0 Å². The Morgan fingerprint density at radius 1 is 0.583 bits per heavy atom. The molecular formula is C22H14N2. The second-order valence-electron chi connectivity index (χ2n) is 6.02. The van der Waals surface area contributed by atoms with Crippen molar-refractivity contribution in [3.05, 3.63) is 85.3 Å². The molecule has 0 saturated heterocycles. The fraction of sp³-hybridized carbons (Fsp3) is 0. The normalized spacial score (nSPS) is 11.3. The molecule has 4 aromatic carbocycles. The zero-order valence-corrected chi connectivity index (χ0v) is 13.0. The molecule has 0 aliphatic carbocycles. The number of hydrogen-bond donors (Lipinski definition) is 0. The van der Waals surface area contributed by atoms with Crippen LogP contribution in [0.4, 0.5) is 0 Å². The Labute approximate surface area is 139 Å². The number of hydrogen-bond acceptors (Lipinski definition) is 2. The number of aromatic nitrogens is 2. The van der Waals surface area contributed by atoms with E-state index >= 15 is 0 Å². The number of benzene rings is 4. The van der Waals surface area contributed by atoms with Gasteiger partial charge in [0.25, 0.3) is 0 Å². The molecule has 0 atom stereocenters. The minimum absolute atomic E-state index is 0.973. The van der Waals surface area contributed by atoms with Crippen molar-refractivity contribution >= 4 is 32.4 Å². The van der Waals surface area contributed by atoms with Crippen molar-refractivity contribution in [1.29, 1.82) is 0 Å². The average molecular weight is 306 g/mol. The van der Waals surface area contributed by atoms with Gasteiger partial charge in [-0.05, 0) is 50.9 Å². The fourth-order valence-corrected chi connectivity index (χ4v) is 3.36. The molecule has 5 aromatic rings. The van der Waals surface area contributed by atoms with E-state index in [0.29, 0.717) is 0 Å². The van der Waals surface area contributed by atoms with E-state index in [4.69, 9.17) is 0 Å². The highest BCUT2D eigenvalue weighted by Crippen LogP contribution is 2.30. The van der Waals surface area contributed by atoms with Crippen molar-refractivity contribution in [2.45, 2.75) is 0 Å². The lowest BCUT2D eigenvalue weighted by Crippen LogP contribution is -1.84. The number of fused-ring (bicyclic) bond motifs is 4. The molecule has 0 fully saturated rings. The molecule has 2 nitrogen and oxygen atoms in total. The monoisotopic (exact) mass is 306 g/mol. The highest BCUT2D eigenvalue weighted by Gasteiger charge is 2.04. The highest BCUT2D eigenvalue weighted by molar-refractivity contribution is 6.08. The molecule has 0 N–H and O–H groups in total. The molecule has 0 unspecified atom stereocenters. The van der Waals surface area contributed by atoms with Crippen LogP contribution in [0.15, 0.2) is 85.3 Å². The molecule has 1 heterocycles. The van der Waals surface area contributed by atoms with Gasteiger partial charge in [-0.1, -0.05) is 54.6 Å². The molecule has 0 aliphatic heterocycles. The smallest absolute Gasteiger partial charge is 0.116 e. The van der Waals surface area contributed by atoms with E-state index in [1.165, 1.54) is 32.7 Å². The van der Waals surface area contributed by atoms with Gasteiger partial charge in [0.1, 0.15) is 6.33 Å². The summed E-state index contributed by atoms with van der Waals surface area (Å²) in [5, 5.41) is 6.19. The quantitative estimate of drug-likeness (QED) is 0.376. The summed E-state index contributed by atoms with van der Waals surface area (Å²) in [5.74, 6) is 0. The van der Waals surface area contributed by atoms with E-state index in [1.807, 2.05) is 6.20 Å². The summed E-state index contributed by atoms with van der Waals surface area (Å²) >= 11 is 0. The predicted molar refractivity (Wildman–Crippen MR) is 100.0 cm³/mol. The first-order valence-corrected chi connectivity index (χ1v) is 8.00. The summed E-state index contributed by atoms with van der Waals surface area (Å²) in [4.78, 5) is 8.41. The molecule has 24 heavy (non-hydrogen) atoms. The lowest BCUT2D eigenvalue weighted by atomic mass is 9.97. The summed E-state index contributed by atoms with van der Waals surface area (Å²) < 4.78 is 0. The molecule has 5 rings (SSSR count). The Kier molecular flexibility index (Phi) is 2.83. The van der Waals surface area contributed by atoms with Crippen LogP contribution in [0.3, 0.4) is 0 Å². The maximum atomic E-state index is 4.29. The Hall–Kier alpha value is -3.26. The molecule has 1 aromatic heterocycles. The van der Waals surface area contributed by atoms with Crippen LogP contribution in [0, 0.1) is 0 Å². The Bertz CT molecular complexity index is 1210. The van der Waals surface area contributed by atoms with E-state index in [9.17, 15) is 0 Å². The first kappa shape index (κ1) is 13.2. The lowest BCUT2D eigenvalue weighted by Gasteiger charge is -2.08. The van der Waals surface area contributed by atoms with Gasteiger partial charge in [0, 0.05) is 11.6 Å². The molecule has 0 saturated carbocycles. The van der Waals surface area contributed by atoms with Crippen LogP contribution in [0.5, 0.6) is 0 Å². The van der Waals surface area contributed by atoms with Gasteiger partial charge in [-0.15, -0.1) is 0 Å². The van der Waals surface area contributed by atoms with Crippen LogP contribution in [-0.4, -0.2) is 9.97 Å². The second kappa shape index (κ2) is 5.14. The largest absolute Gasteiger partial charge is 0.244 e. The van der Waals surface area contributed by atoms with E-state index in [1.54, 1.807) is 6.33 Å². The Morgan fingerprint density at radius 3 is 2.29 bits per heavy atom. The minimum atomic E-state index is 0.973. The van der Waals surface area contributed by atoms with Crippen LogP contribution in [-0.2, 0) is 0 Å². The zero-order chi connectivity index (χ0) is 15.9. The molecule has 0 radical (unpaired) electrons. The predicted octanol–water partition coefficient (Wildman–Crippen LogP) is 5.60. The first-order chi connectivity index (χ1) is 11.9. The van der Waals surface area contributed by atoms with Crippen LogP contribution in [0.1, 0.15) is 0 Å². The molecule has 2 heteroatoms. The van der Waals surface area contributed by atoms with Gasteiger partial charge in [0.15, 0.2) is 0 Å². The van der Waals surface area contributed by atoms with Crippen LogP contribution in [0.2, 0.25) is 0 Å². The summed E-state index contributed by atoms with van der Waals surface area (Å²) in [6, 6.07) is 25.9. The molecular weight excluding hydrogens is 292 g/mol. The Balaban J connectivity index is 1.72. The molecule has 0 aliphatic rings. The zero-order valence-electron chi connectivity index (χ0n) is 13.0.